The highest BCUT2D eigenvalue weighted by molar-refractivity contribution is 7.99. The van der Waals surface area contributed by atoms with Gasteiger partial charge in [0.2, 0.25) is 15.9 Å². The zero-order chi connectivity index (χ0) is 20.1. The summed E-state index contributed by atoms with van der Waals surface area (Å²) < 4.78 is 26.6. The Morgan fingerprint density at radius 1 is 1.11 bits per heavy atom. The Morgan fingerprint density at radius 3 is 2.39 bits per heavy atom. The van der Waals surface area contributed by atoms with Crippen molar-refractivity contribution in [2.24, 2.45) is 0 Å². The second kappa shape index (κ2) is 9.11. The molecule has 1 atom stereocenters. The molecule has 7 heteroatoms. The second-order valence-corrected chi connectivity index (χ2v) is 10.3. The molecular formula is C21H26N2O3S2. The molecule has 5 nitrogen and oxygen atoms in total. The standard InChI is InChI=1S/C21H26N2O3S2/c1-16-7-3-4-8-18(16)15-27-17(2)21(24)22-19-9-11-20(12-10-19)28(25,26)23-13-5-6-14-23/h3-4,7-12,17H,5-6,13-15H2,1-2H3,(H,22,24)/t17-/m1/s1. The fraction of sp³-hybridized carbons (Fsp3) is 0.381. The molecule has 0 saturated carbocycles. The Morgan fingerprint density at radius 2 is 1.75 bits per heavy atom. The highest BCUT2D eigenvalue weighted by Crippen LogP contribution is 2.24. The van der Waals surface area contributed by atoms with Gasteiger partial charge in [-0.15, -0.1) is 11.8 Å². The third-order valence-corrected chi connectivity index (χ3v) is 8.05. The van der Waals surface area contributed by atoms with Crippen molar-refractivity contribution in [1.29, 1.82) is 0 Å². The number of anilines is 1. The SMILES string of the molecule is Cc1ccccc1CS[C@H](C)C(=O)Nc1ccc(S(=O)(=O)N2CCCC2)cc1. The summed E-state index contributed by atoms with van der Waals surface area (Å²) in [6.45, 7) is 5.11. The smallest absolute Gasteiger partial charge is 0.243 e. The van der Waals surface area contributed by atoms with E-state index < -0.39 is 10.0 Å². The Bertz CT molecular complexity index is 921. The van der Waals surface area contributed by atoms with Gasteiger partial charge in [-0.25, -0.2) is 8.42 Å². The summed E-state index contributed by atoms with van der Waals surface area (Å²) in [5, 5.41) is 2.66. The molecule has 150 valence electrons. The van der Waals surface area contributed by atoms with E-state index in [4.69, 9.17) is 0 Å². The molecule has 1 N–H and O–H groups in total. The molecule has 0 aromatic heterocycles. The molecule has 0 bridgehead atoms. The van der Waals surface area contributed by atoms with E-state index in [-0.39, 0.29) is 16.1 Å². The lowest BCUT2D eigenvalue weighted by Crippen LogP contribution is -2.27. The number of thioether (sulfide) groups is 1. The first kappa shape index (κ1) is 20.9. The molecular weight excluding hydrogens is 392 g/mol. The van der Waals surface area contributed by atoms with Crippen LogP contribution in [0, 0.1) is 6.92 Å². The first-order valence-corrected chi connectivity index (χ1v) is 11.9. The summed E-state index contributed by atoms with van der Waals surface area (Å²) >= 11 is 1.58. The molecule has 28 heavy (non-hydrogen) atoms. The van der Waals surface area contributed by atoms with Crippen LogP contribution in [0.1, 0.15) is 30.9 Å². The Kier molecular flexibility index (Phi) is 6.80. The fourth-order valence-corrected chi connectivity index (χ4v) is 5.58. The van der Waals surface area contributed by atoms with E-state index >= 15 is 0 Å². The molecule has 1 aliphatic rings. The minimum atomic E-state index is -3.43. The average Bonchev–Trinajstić information content (AvgIpc) is 3.23. The maximum Gasteiger partial charge on any atom is 0.243 e. The lowest BCUT2D eigenvalue weighted by molar-refractivity contribution is -0.115. The van der Waals surface area contributed by atoms with Crippen LogP contribution in [0.25, 0.3) is 0 Å². The Balaban J connectivity index is 1.57. The molecule has 0 unspecified atom stereocenters. The van der Waals surface area contributed by atoms with Crippen LogP contribution in [-0.2, 0) is 20.6 Å². The van der Waals surface area contributed by atoms with Crippen molar-refractivity contribution in [3.63, 3.8) is 0 Å². The summed E-state index contributed by atoms with van der Waals surface area (Å²) in [4.78, 5) is 12.7. The van der Waals surface area contributed by atoms with Gasteiger partial charge in [0.25, 0.3) is 0 Å². The number of sulfonamides is 1. The highest BCUT2D eigenvalue weighted by Gasteiger charge is 2.27. The molecule has 1 aliphatic heterocycles. The van der Waals surface area contributed by atoms with Gasteiger partial charge in [-0.2, -0.15) is 4.31 Å². The summed E-state index contributed by atoms with van der Waals surface area (Å²) in [7, 11) is -3.43. The van der Waals surface area contributed by atoms with Crippen molar-refractivity contribution in [2.75, 3.05) is 18.4 Å². The van der Waals surface area contributed by atoms with Gasteiger partial charge in [0.15, 0.2) is 0 Å². The highest BCUT2D eigenvalue weighted by atomic mass is 32.2. The van der Waals surface area contributed by atoms with Crippen LogP contribution in [0.5, 0.6) is 0 Å². The van der Waals surface area contributed by atoms with Crippen molar-refractivity contribution in [3.05, 3.63) is 59.7 Å². The lowest BCUT2D eigenvalue weighted by Gasteiger charge is -2.16. The van der Waals surface area contributed by atoms with Crippen LogP contribution in [0.4, 0.5) is 5.69 Å². The van der Waals surface area contributed by atoms with Gasteiger partial charge in [0, 0.05) is 24.5 Å². The first-order chi connectivity index (χ1) is 13.4. The average molecular weight is 419 g/mol. The zero-order valence-corrected chi connectivity index (χ0v) is 17.9. The number of rotatable bonds is 7. The Labute approximate surface area is 171 Å². The van der Waals surface area contributed by atoms with Crippen LogP contribution in [0.3, 0.4) is 0 Å². The van der Waals surface area contributed by atoms with Gasteiger partial charge in [-0.1, -0.05) is 24.3 Å². The maximum atomic E-state index is 12.6. The van der Waals surface area contributed by atoms with E-state index in [2.05, 4.69) is 24.4 Å². The molecule has 0 spiro atoms. The van der Waals surface area contributed by atoms with Crippen molar-refractivity contribution in [1.82, 2.24) is 4.31 Å². The second-order valence-electron chi connectivity index (χ2n) is 7.00. The third kappa shape index (κ3) is 4.96. The number of nitrogens with zero attached hydrogens (tertiary/aromatic N) is 1. The fourth-order valence-electron chi connectivity index (χ4n) is 3.09. The van der Waals surface area contributed by atoms with Gasteiger partial charge >= 0.3 is 0 Å². The molecule has 0 radical (unpaired) electrons. The third-order valence-electron chi connectivity index (χ3n) is 4.94. The van der Waals surface area contributed by atoms with Crippen molar-refractivity contribution < 1.29 is 13.2 Å². The number of hydrogen-bond acceptors (Lipinski definition) is 4. The number of benzene rings is 2. The predicted molar refractivity (Wildman–Crippen MR) is 115 cm³/mol. The van der Waals surface area contributed by atoms with E-state index in [1.165, 1.54) is 15.4 Å². The summed E-state index contributed by atoms with van der Waals surface area (Å²) in [5.41, 5.74) is 3.05. The van der Waals surface area contributed by atoms with Crippen LogP contribution in [0.15, 0.2) is 53.4 Å². The zero-order valence-electron chi connectivity index (χ0n) is 16.2. The number of hydrogen-bond donors (Lipinski definition) is 1. The summed E-state index contributed by atoms with van der Waals surface area (Å²) in [6, 6.07) is 14.6. The first-order valence-electron chi connectivity index (χ1n) is 9.45. The minimum Gasteiger partial charge on any atom is -0.325 e. The van der Waals surface area contributed by atoms with Crippen LogP contribution in [-0.4, -0.2) is 37.0 Å². The van der Waals surface area contributed by atoms with E-state index in [0.29, 0.717) is 18.8 Å². The van der Waals surface area contributed by atoms with Crippen LogP contribution >= 0.6 is 11.8 Å². The van der Waals surface area contributed by atoms with Crippen LogP contribution in [0.2, 0.25) is 0 Å². The molecule has 2 aromatic carbocycles. The predicted octanol–water partition coefficient (Wildman–Crippen LogP) is 4.04. The normalized spacial score (nSPS) is 16.1. The molecule has 3 rings (SSSR count). The van der Waals surface area contributed by atoms with E-state index in [1.807, 2.05) is 19.1 Å². The number of carbonyl (C=O) groups excluding carboxylic acids is 1. The maximum absolute atomic E-state index is 12.6. The van der Waals surface area contributed by atoms with Gasteiger partial charge in [-0.05, 0) is 62.1 Å². The lowest BCUT2D eigenvalue weighted by atomic mass is 10.1. The number of carbonyl (C=O) groups is 1. The van der Waals surface area contributed by atoms with Gasteiger partial charge in [0.05, 0.1) is 10.1 Å². The van der Waals surface area contributed by atoms with Gasteiger partial charge in [0.1, 0.15) is 0 Å². The van der Waals surface area contributed by atoms with E-state index in [0.717, 1.165) is 18.6 Å². The molecule has 0 aliphatic carbocycles. The summed E-state index contributed by atoms with van der Waals surface area (Å²) in [6.07, 6.45) is 1.82. The van der Waals surface area contributed by atoms with Crippen molar-refractivity contribution in [3.8, 4) is 0 Å². The van der Waals surface area contributed by atoms with E-state index in [9.17, 15) is 13.2 Å². The van der Waals surface area contributed by atoms with E-state index in [1.54, 1.807) is 36.0 Å². The molecule has 1 heterocycles. The molecule has 2 aromatic rings. The summed E-state index contributed by atoms with van der Waals surface area (Å²) in [5.74, 6) is 0.683. The molecule has 1 amide bonds. The minimum absolute atomic E-state index is 0.0891. The number of amides is 1. The quantitative estimate of drug-likeness (QED) is 0.737. The van der Waals surface area contributed by atoms with Crippen LogP contribution < -0.4 is 5.32 Å². The van der Waals surface area contributed by atoms with Gasteiger partial charge in [-0.3, -0.25) is 4.79 Å². The largest absolute Gasteiger partial charge is 0.325 e. The molecule has 1 fully saturated rings. The van der Waals surface area contributed by atoms with Gasteiger partial charge < -0.3 is 5.32 Å². The monoisotopic (exact) mass is 418 g/mol. The van der Waals surface area contributed by atoms with Crippen molar-refractivity contribution >= 4 is 33.4 Å². The number of aryl methyl sites for hydroxylation is 1. The van der Waals surface area contributed by atoms with Crippen molar-refractivity contribution in [2.45, 2.75) is 42.6 Å². The number of nitrogens with one attached hydrogen (secondary N) is 1. The molecule has 1 saturated heterocycles. The Hall–Kier alpha value is -1.83. The topological polar surface area (TPSA) is 66.5 Å².